The Bertz CT molecular complexity index is 997. The molecule has 1 aliphatic carbocycles. The van der Waals surface area contributed by atoms with E-state index in [4.69, 9.17) is 9.47 Å². The first kappa shape index (κ1) is 17.3. The Kier molecular flexibility index (Phi) is 4.32. The van der Waals surface area contributed by atoms with Gasteiger partial charge in [0, 0.05) is 23.3 Å². The largest absolute Gasteiger partial charge is 0.486 e. The van der Waals surface area contributed by atoms with E-state index >= 15 is 0 Å². The van der Waals surface area contributed by atoms with Gasteiger partial charge in [-0.15, -0.1) is 0 Å². The summed E-state index contributed by atoms with van der Waals surface area (Å²) in [7, 11) is 0. The second kappa shape index (κ2) is 6.99. The van der Waals surface area contributed by atoms with Gasteiger partial charge in [0.25, 0.3) is 0 Å². The zero-order chi connectivity index (χ0) is 19.1. The number of ether oxygens (including phenoxy) is 2. The highest BCUT2D eigenvalue weighted by molar-refractivity contribution is 5.51. The zero-order valence-corrected chi connectivity index (χ0v) is 16.3. The van der Waals surface area contributed by atoms with Gasteiger partial charge in [-0.25, -0.2) is 4.68 Å². The smallest absolute Gasteiger partial charge is 0.161 e. The average molecular weight is 375 g/mol. The minimum absolute atomic E-state index is 0.210. The van der Waals surface area contributed by atoms with Crippen LogP contribution in [0.4, 0.5) is 0 Å². The molecule has 0 bridgehead atoms. The van der Waals surface area contributed by atoms with E-state index in [-0.39, 0.29) is 6.04 Å². The highest BCUT2D eigenvalue weighted by Gasteiger charge is 2.28. The molecule has 5 heteroatoms. The van der Waals surface area contributed by atoms with E-state index in [1.807, 2.05) is 29.1 Å². The minimum Gasteiger partial charge on any atom is -0.486 e. The number of aryl methyl sites for hydroxylation is 1. The van der Waals surface area contributed by atoms with Crippen LogP contribution in [-0.2, 0) is 6.42 Å². The van der Waals surface area contributed by atoms with Gasteiger partial charge in [0.2, 0.25) is 0 Å². The lowest BCUT2D eigenvalue weighted by atomic mass is 10.0. The minimum atomic E-state index is 0.210. The fourth-order valence-corrected chi connectivity index (χ4v) is 4.38. The standard InChI is InChI=1S/C23H25N3O2/c1-15(20-14-24-26(16(20)2)18-6-4-3-5-7-18)25-21-9-8-17-12-22-23(13-19(17)21)28-11-10-27-22/h3-7,12-15,21,25H,8-11H2,1-2H3. The van der Waals surface area contributed by atoms with Crippen LogP contribution in [0, 0.1) is 6.92 Å². The number of fused-ring (bicyclic) bond motifs is 2. The first-order valence-electron chi connectivity index (χ1n) is 9.99. The molecule has 5 nitrogen and oxygen atoms in total. The lowest BCUT2D eigenvalue weighted by molar-refractivity contribution is 0.171. The first-order valence-corrected chi connectivity index (χ1v) is 9.99. The fraction of sp³-hybridized carbons (Fsp3) is 0.348. The van der Waals surface area contributed by atoms with Gasteiger partial charge in [-0.05, 0) is 62.1 Å². The van der Waals surface area contributed by atoms with Gasteiger partial charge < -0.3 is 14.8 Å². The molecule has 0 saturated heterocycles. The number of nitrogens with zero attached hydrogens (tertiary/aromatic N) is 2. The summed E-state index contributed by atoms with van der Waals surface area (Å²) in [4.78, 5) is 0. The summed E-state index contributed by atoms with van der Waals surface area (Å²) in [5.41, 5.74) is 6.20. The lowest BCUT2D eigenvalue weighted by Gasteiger charge is -2.23. The van der Waals surface area contributed by atoms with Crippen molar-refractivity contribution >= 4 is 0 Å². The van der Waals surface area contributed by atoms with Gasteiger partial charge in [-0.1, -0.05) is 18.2 Å². The van der Waals surface area contributed by atoms with E-state index in [2.05, 4.69) is 48.5 Å². The third-order valence-corrected chi connectivity index (χ3v) is 5.85. The van der Waals surface area contributed by atoms with Crippen molar-refractivity contribution in [2.75, 3.05) is 13.2 Å². The Morgan fingerprint density at radius 2 is 1.86 bits per heavy atom. The molecular weight excluding hydrogens is 350 g/mol. The highest BCUT2D eigenvalue weighted by Crippen LogP contribution is 2.41. The molecular formula is C23H25N3O2. The maximum absolute atomic E-state index is 5.79. The van der Waals surface area contributed by atoms with E-state index < -0.39 is 0 Å². The summed E-state index contributed by atoms with van der Waals surface area (Å²) >= 11 is 0. The Morgan fingerprint density at radius 3 is 2.64 bits per heavy atom. The van der Waals surface area contributed by atoms with Gasteiger partial charge in [-0.3, -0.25) is 0 Å². The molecule has 28 heavy (non-hydrogen) atoms. The number of nitrogens with one attached hydrogen (secondary N) is 1. The molecule has 2 aromatic carbocycles. The molecule has 2 unspecified atom stereocenters. The molecule has 2 heterocycles. The van der Waals surface area contributed by atoms with Crippen molar-refractivity contribution in [2.24, 2.45) is 0 Å². The Labute approximate surface area is 165 Å². The maximum Gasteiger partial charge on any atom is 0.161 e. The summed E-state index contributed by atoms with van der Waals surface area (Å²) in [5.74, 6) is 1.76. The molecule has 0 spiro atoms. The predicted octanol–water partition coefficient (Wildman–Crippen LogP) is 4.29. The molecule has 2 aliphatic rings. The van der Waals surface area contributed by atoms with Crippen LogP contribution in [0.1, 0.15) is 47.8 Å². The topological polar surface area (TPSA) is 48.3 Å². The van der Waals surface area contributed by atoms with Crippen molar-refractivity contribution in [3.05, 3.63) is 71.0 Å². The molecule has 3 aromatic rings. The SMILES string of the molecule is Cc1c(C(C)NC2CCc3cc4c(cc32)OCCO4)cnn1-c1ccccc1. The molecule has 0 fully saturated rings. The van der Waals surface area contributed by atoms with Crippen molar-refractivity contribution in [1.29, 1.82) is 0 Å². The quantitative estimate of drug-likeness (QED) is 0.739. The predicted molar refractivity (Wildman–Crippen MR) is 108 cm³/mol. The van der Waals surface area contributed by atoms with Crippen molar-refractivity contribution in [1.82, 2.24) is 15.1 Å². The van der Waals surface area contributed by atoms with Crippen LogP contribution in [0.15, 0.2) is 48.7 Å². The Hall–Kier alpha value is -2.79. The van der Waals surface area contributed by atoms with E-state index in [9.17, 15) is 0 Å². The van der Waals surface area contributed by atoms with Crippen molar-refractivity contribution in [3.63, 3.8) is 0 Å². The number of para-hydroxylation sites is 1. The molecule has 5 rings (SSSR count). The molecule has 1 N–H and O–H groups in total. The van der Waals surface area contributed by atoms with Crippen molar-refractivity contribution in [3.8, 4) is 17.2 Å². The normalized spacial score (nSPS) is 18.7. The number of rotatable bonds is 4. The molecule has 2 atom stereocenters. The molecule has 0 amide bonds. The van der Waals surface area contributed by atoms with Gasteiger partial charge in [0.1, 0.15) is 13.2 Å². The van der Waals surface area contributed by atoms with Crippen LogP contribution < -0.4 is 14.8 Å². The average Bonchev–Trinajstić information content (AvgIpc) is 3.30. The van der Waals surface area contributed by atoms with Crippen LogP contribution in [0.25, 0.3) is 5.69 Å². The van der Waals surface area contributed by atoms with E-state index in [0.29, 0.717) is 19.3 Å². The summed E-state index contributed by atoms with van der Waals surface area (Å²) < 4.78 is 13.5. The van der Waals surface area contributed by atoms with Crippen LogP contribution >= 0.6 is 0 Å². The van der Waals surface area contributed by atoms with Crippen molar-refractivity contribution in [2.45, 2.75) is 38.8 Å². The summed E-state index contributed by atoms with van der Waals surface area (Å²) in [5, 5.41) is 8.44. The van der Waals surface area contributed by atoms with E-state index in [1.165, 1.54) is 22.4 Å². The maximum atomic E-state index is 5.79. The first-order chi connectivity index (χ1) is 13.7. The molecule has 1 aromatic heterocycles. The summed E-state index contributed by atoms with van der Waals surface area (Å²) in [6.45, 7) is 5.61. The van der Waals surface area contributed by atoms with Gasteiger partial charge in [0.05, 0.1) is 11.9 Å². The number of hydrogen-bond acceptors (Lipinski definition) is 4. The lowest BCUT2D eigenvalue weighted by Crippen LogP contribution is -2.23. The van der Waals surface area contributed by atoms with Crippen LogP contribution in [-0.4, -0.2) is 23.0 Å². The molecule has 0 saturated carbocycles. The van der Waals surface area contributed by atoms with Crippen LogP contribution in [0.5, 0.6) is 11.5 Å². The Morgan fingerprint density at radius 1 is 1.11 bits per heavy atom. The Balaban J connectivity index is 1.38. The van der Waals surface area contributed by atoms with Gasteiger partial charge >= 0.3 is 0 Å². The zero-order valence-electron chi connectivity index (χ0n) is 16.3. The highest BCUT2D eigenvalue weighted by atomic mass is 16.6. The van der Waals surface area contributed by atoms with Crippen LogP contribution in [0.2, 0.25) is 0 Å². The van der Waals surface area contributed by atoms with E-state index in [0.717, 1.165) is 30.0 Å². The second-order valence-electron chi connectivity index (χ2n) is 7.61. The molecule has 0 radical (unpaired) electrons. The van der Waals surface area contributed by atoms with Gasteiger partial charge in [-0.2, -0.15) is 5.10 Å². The second-order valence-corrected chi connectivity index (χ2v) is 7.61. The van der Waals surface area contributed by atoms with Crippen LogP contribution in [0.3, 0.4) is 0 Å². The number of aromatic nitrogens is 2. The third-order valence-electron chi connectivity index (χ3n) is 5.85. The number of hydrogen-bond donors (Lipinski definition) is 1. The molecule has 144 valence electrons. The van der Waals surface area contributed by atoms with E-state index in [1.54, 1.807) is 0 Å². The summed E-state index contributed by atoms with van der Waals surface area (Å²) in [6.07, 6.45) is 4.15. The van der Waals surface area contributed by atoms with Gasteiger partial charge in [0.15, 0.2) is 11.5 Å². The fourth-order valence-electron chi connectivity index (χ4n) is 4.38. The molecule has 1 aliphatic heterocycles. The monoisotopic (exact) mass is 375 g/mol. The summed E-state index contributed by atoms with van der Waals surface area (Å²) in [6, 6.07) is 15.1. The number of benzene rings is 2. The third kappa shape index (κ3) is 2.96. The van der Waals surface area contributed by atoms with Crippen molar-refractivity contribution < 1.29 is 9.47 Å².